The maximum Gasteiger partial charge on any atom is 0.472 e. The molecular weight excluding hydrogens is 786 g/mol. The molecular formula is C51H102NO8P. The number of amides is 1. The predicted octanol–water partition coefficient (Wildman–Crippen LogP) is 15.6. The average Bonchev–Trinajstić information content (AvgIpc) is 3.25. The number of ether oxygens (including phenoxy) is 1. The molecule has 0 aromatic carbocycles. The number of phosphoric ester groups is 1. The number of phosphoric acid groups is 1. The number of aliphatic hydroxyl groups excluding tert-OH is 1. The number of aliphatic hydroxyl groups is 1. The van der Waals surface area contributed by atoms with Gasteiger partial charge in [0.25, 0.3) is 0 Å². The van der Waals surface area contributed by atoms with E-state index in [4.69, 9.17) is 13.8 Å². The van der Waals surface area contributed by atoms with Crippen LogP contribution in [0.4, 0.5) is 0 Å². The van der Waals surface area contributed by atoms with Gasteiger partial charge in [0.05, 0.1) is 13.2 Å². The van der Waals surface area contributed by atoms with Gasteiger partial charge in [-0.2, -0.15) is 0 Å². The molecule has 0 aromatic rings. The largest absolute Gasteiger partial charge is 0.472 e. The van der Waals surface area contributed by atoms with Crippen LogP contribution in [0.2, 0.25) is 0 Å². The highest BCUT2D eigenvalue weighted by Crippen LogP contribution is 2.42. The van der Waals surface area contributed by atoms with Crippen LogP contribution in [0, 0.1) is 0 Å². The van der Waals surface area contributed by atoms with E-state index in [0.29, 0.717) is 12.8 Å². The van der Waals surface area contributed by atoms with Gasteiger partial charge in [0.15, 0.2) is 0 Å². The first-order chi connectivity index (χ1) is 29.8. The lowest BCUT2D eigenvalue weighted by atomic mass is 10.0. The maximum atomic E-state index is 12.1. The maximum absolute atomic E-state index is 12.1. The Labute approximate surface area is 377 Å². The van der Waals surface area contributed by atoms with E-state index in [1.807, 2.05) is 0 Å². The van der Waals surface area contributed by atoms with Crippen LogP contribution in [0.25, 0.3) is 0 Å². The minimum atomic E-state index is -4.41. The Morgan fingerprint density at radius 2 is 0.738 bits per heavy atom. The fourth-order valence-corrected chi connectivity index (χ4v) is 8.79. The van der Waals surface area contributed by atoms with Crippen molar-refractivity contribution in [2.75, 3.05) is 26.4 Å². The van der Waals surface area contributed by atoms with Crippen molar-refractivity contribution >= 4 is 19.7 Å². The molecule has 0 fully saturated rings. The number of carbonyl (C=O) groups excluding carboxylic acids is 2. The quantitative estimate of drug-likeness (QED) is 0.0313. The van der Waals surface area contributed by atoms with Crippen molar-refractivity contribution in [3.8, 4) is 0 Å². The van der Waals surface area contributed by atoms with Gasteiger partial charge in [0, 0.05) is 19.4 Å². The third kappa shape index (κ3) is 49.9. The van der Waals surface area contributed by atoms with Gasteiger partial charge in [-0.15, -0.1) is 0 Å². The van der Waals surface area contributed by atoms with Crippen molar-refractivity contribution in [1.29, 1.82) is 0 Å². The van der Waals surface area contributed by atoms with Crippen molar-refractivity contribution in [3.05, 3.63) is 0 Å². The van der Waals surface area contributed by atoms with Crippen LogP contribution in [0.1, 0.15) is 284 Å². The third-order valence-corrected chi connectivity index (χ3v) is 13.0. The summed E-state index contributed by atoms with van der Waals surface area (Å²) >= 11 is 0. The number of hydrogen-bond acceptors (Lipinski definition) is 7. The summed E-state index contributed by atoms with van der Waals surface area (Å²) in [6.45, 7) is 3.63. The van der Waals surface area contributed by atoms with Crippen molar-refractivity contribution in [2.24, 2.45) is 0 Å². The summed E-state index contributed by atoms with van der Waals surface area (Å²) in [5.41, 5.74) is 0. The Hall–Kier alpha value is -0.990. The monoisotopic (exact) mass is 888 g/mol. The highest BCUT2D eigenvalue weighted by molar-refractivity contribution is 7.47. The zero-order valence-electron chi connectivity index (χ0n) is 40.4. The number of nitrogens with one attached hydrogen (secondary N) is 1. The van der Waals surface area contributed by atoms with E-state index in [-0.39, 0.29) is 25.7 Å². The summed E-state index contributed by atoms with van der Waals surface area (Å²) < 4.78 is 27.0. The van der Waals surface area contributed by atoms with Gasteiger partial charge in [0.2, 0.25) is 5.91 Å². The van der Waals surface area contributed by atoms with Gasteiger partial charge < -0.3 is 20.1 Å². The van der Waals surface area contributed by atoms with E-state index in [1.54, 1.807) is 0 Å². The molecule has 1 amide bonds. The highest BCUT2D eigenvalue weighted by atomic mass is 31.2. The van der Waals surface area contributed by atoms with Gasteiger partial charge in [0.1, 0.15) is 12.7 Å². The normalized spacial score (nSPS) is 13.0. The first kappa shape index (κ1) is 60.0. The van der Waals surface area contributed by atoms with Crippen LogP contribution in [0.5, 0.6) is 0 Å². The molecule has 0 saturated heterocycles. The van der Waals surface area contributed by atoms with Gasteiger partial charge in [-0.05, 0) is 12.8 Å². The summed E-state index contributed by atoms with van der Waals surface area (Å²) in [5.74, 6) is -0.498. The summed E-state index contributed by atoms with van der Waals surface area (Å²) in [5, 5.41) is 12.8. The second kappa shape index (κ2) is 48.5. The summed E-state index contributed by atoms with van der Waals surface area (Å²) in [6.07, 6.45) is 51.9. The molecule has 0 aliphatic heterocycles. The average molecular weight is 888 g/mol. The van der Waals surface area contributed by atoms with Gasteiger partial charge in [-0.1, -0.05) is 258 Å². The second-order valence-electron chi connectivity index (χ2n) is 18.2. The van der Waals surface area contributed by atoms with E-state index >= 15 is 0 Å². The standard InChI is InChI=1S/C51H102NO8P/c1-3-5-7-9-11-13-15-17-19-21-22-23-24-25-26-27-28-30-32-34-36-38-40-42-44-51(55)58-47-49(53)48-60-61(56,57)59-46-45-52-50(54)43-41-39-37-35-33-31-29-20-18-16-14-12-10-8-6-4-2/h49,53H,3-48H2,1-2H3,(H,52,54)(H,56,57). The van der Waals surface area contributed by atoms with E-state index in [9.17, 15) is 24.2 Å². The molecule has 2 atom stereocenters. The number of esters is 1. The minimum absolute atomic E-state index is 0.0887. The molecule has 0 spiro atoms. The lowest BCUT2D eigenvalue weighted by Crippen LogP contribution is -2.27. The third-order valence-electron chi connectivity index (χ3n) is 12.0. The SMILES string of the molecule is CCCCCCCCCCCCCCCCCCCCCCCCCCC(=O)OCC(O)COP(=O)(O)OCCNC(=O)CCCCCCCCCCCCCCCCCC. The summed E-state index contributed by atoms with van der Waals surface area (Å²) in [6, 6.07) is 0. The number of rotatable bonds is 51. The van der Waals surface area contributed by atoms with Crippen LogP contribution >= 0.6 is 7.82 Å². The van der Waals surface area contributed by atoms with Crippen LogP contribution < -0.4 is 5.32 Å². The molecule has 0 heterocycles. The van der Waals surface area contributed by atoms with Crippen LogP contribution in [0.3, 0.4) is 0 Å². The van der Waals surface area contributed by atoms with Crippen LogP contribution in [-0.2, 0) is 27.9 Å². The zero-order chi connectivity index (χ0) is 44.6. The first-order valence-corrected chi connectivity index (χ1v) is 28.0. The molecule has 0 aliphatic carbocycles. The van der Waals surface area contributed by atoms with Crippen molar-refractivity contribution < 1.29 is 37.9 Å². The molecule has 2 unspecified atom stereocenters. The van der Waals surface area contributed by atoms with Crippen molar-refractivity contribution in [1.82, 2.24) is 5.32 Å². The second-order valence-corrected chi connectivity index (χ2v) is 19.7. The minimum Gasteiger partial charge on any atom is -0.463 e. The van der Waals surface area contributed by atoms with Crippen LogP contribution in [-0.4, -0.2) is 54.3 Å². The van der Waals surface area contributed by atoms with Crippen molar-refractivity contribution in [3.63, 3.8) is 0 Å². The molecule has 0 radical (unpaired) electrons. The fourth-order valence-electron chi connectivity index (χ4n) is 8.03. The number of carbonyl (C=O) groups is 2. The molecule has 61 heavy (non-hydrogen) atoms. The Bertz CT molecular complexity index is 969. The molecule has 0 aromatic heterocycles. The summed E-state index contributed by atoms with van der Waals surface area (Å²) in [4.78, 5) is 34.1. The Morgan fingerprint density at radius 1 is 0.443 bits per heavy atom. The molecule has 0 saturated carbocycles. The van der Waals surface area contributed by atoms with Gasteiger partial charge >= 0.3 is 13.8 Å². The molecule has 0 rings (SSSR count). The number of unbranched alkanes of at least 4 members (excludes halogenated alkanes) is 38. The van der Waals surface area contributed by atoms with Gasteiger partial charge in [-0.3, -0.25) is 18.6 Å². The summed E-state index contributed by atoms with van der Waals surface area (Å²) in [7, 11) is -4.41. The van der Waals surface area contributed by atoms with Crippen LogP contribution in [0.15, 0.2) is 0 Å². The fraction of sp³-hybridized carbons (Fsp3) is 0.961. The first-order valence-electron chi connectivity index (χ1n) is 26.5. The topological polar surface area (TPSA) is 131 Å². The predicted molar refractivity (Wildman–Crippen MR) is 257 cm³/mol. The van der Waals surface area contributed by atoms with E-state index < -0.39 is 26.5 Å². The van der Waals surface area contributed by atoms with E-state index in [1.165, 1.54) is 218 Å². The van der Waals surface area contributed by atoms with E-state index in [0.717, 1.165) is 38.5 Å². The lowest BCUT2D eigenvalue weighted by molar-refractivity contribution is -0.147. The van der Waals surface area contributed by atoms with Gasteiger partial charge in [-0.25, -0.2) is 4.57 Å². The zero-order valence-corrected chi connectivity index (χ0v) is 41.3. The Kier molecular flexibility index (Phi) is 47.7. The lowest BCUT2D eigenvalue weighted by Gasteiger charge is -2.15. The molecule has 10 heteroatoms. The van der Waals surface area contributed by atoms with E-state index in [2.05, 4.69) is 19.2 Å². The molecule has 0 bridgehead atoms. The molecule has 3 N–H and O–H groups in total. The Morgan fingerprint density at radius 3 is 1.07 bits per heavy atom. The smallest absolute Gasteiger partial charge is 0.463 e. The molecule has 9 nitrogen and oxygen atoms in total. The highest BCUT2D eigenvalue weighted by Gasteiger charge is 2.23. The number of hydrogen-bond donors (Lipinski definition) is 3. The Balaban J connectivity index is 3.48. The van der Waals surface area contributed by atoms with Crippen molar-refractivity contribution in [2.45, 2.75) is 290 Å². The molecule has 0 aliphatic rings. The molecule has 364 valence electrons.